The maximum atomic E-state index is 6.05. The van der Waals surface area contributed by atoms with Crippen LogP contribution in [0.15, 0.2) is 0 Å². The van der Waals surface area contributed by atoms with Crippen LogP contribution < -0.4 is 5.73 Å². The summed E-state index contributed by atoms with van der Waals surface area (Å²) in [5, 5.41) is 0.891. The molecule has 0 aromatic rings. The lowest BCUT2D eigenvalue weighted by Crippen LogP contribution is -2.45. The minimum absolute atomic E-state index is 0.679. The Bertz CT molecular complexity index is 216. The summed E-state index contributed by atoms with van der Waals surface area (Å²) in [5.74, 6) is 0.894. The van der Waals surface area contributed by atoms with Gasteiger partial charge in [-0.1, -0.05) is 12.8 Å². The highest BCUT2D eigenvalue weighted by atomic mass is 32.2. The molecule has 17 heavy (non-hydrogen) atoms. The number of thioether (sulfide) groups is 1. The molecular weight excluding hydrogens is 228 g/mol. The van der Waals surface area contributed by atoms with Gasteiger partial charge in [0.25, 0.3) is 0 Å². The molecule has 2 aliphatic rings. The van der Waals surface area contributed by atoms with Crippen LogP contribution in [0.25, 0.3) is 0 Å². The predicted molar refractivity (Wildman–Crippen MR) is 77.5 cm³/mol. The van der Waals surface area contributed by atoms with E-state index in [-0.39, 0.29) is 0 Å². The van der Waals surface area contributed by atoms with Crippen molar-refractivity contribution in [3.8, 4) is 0 Å². The fraction of sp³-hybridized carbons (Fsp3) is 1.00. The monoisotopic (exact) mass is 256 g/mol. The summed E-state index contributed by atoms with van der Waals surface area (Å²) in [7, 11) is 0. The summed E-state index contributed by atoms with van der Waals surface area (Å²) in [6, 6.07) is 0.679. The zero-order chi connectivity index (χ0) is 12.1. The largest absolute Gasteiger partial charge is 0.329 e. The fourth-order valence-electron chi connectivity index (χ4n) is 3.64. The molecule has 100 valence electrons. The maximum Gasteiger partial charge on any atom is 0.0246 e. The van der Waals surface area contributed by atoms with E-state index in [1.807, 2.05) is 0 Å². The molecule has 2 unspecified atom stereocenters. The van der Waals surface area contributed by atoms with Crippen molar-refractivity contribution in [1.29, 1.82) is 0 Å². The highest BCUT2D eigenvalue weighted by Crippen LogP contribution is 2.31. The van der Waals surface area contributed by atoms with Gasteiger partial charge in [0, 0.05) is 17.8 Å². The van der Waals surface area contributed by atoms with Gasteiger partial charge in [-0.05, 0) is 57.4 Å². The second-order valence-electron chi connectivity index (χ2n) is 5.67. The molecule has 0 spiro atoms. The van der Waals surface area contributed by atoms with E-state index in [9.17, 15) is 0 Å². The minimum atomic E-state index is 0.679. The summed E-state index contributed by atoms with van der Waals surface area (Å²) in [6.07, 6.45) is 12.1. The van der Waals surface area contributed by atoms with E-state index >= 15 is 0 Å². The molecule has 2 rings (SSSR count). The quantitative estimate of drug-likeness (QED) is 0.838. The molecule has 0 radical (unpaired) electrons. The second kappa shape index (κ2) is 7.01. The Labute approximate surface area is 111 Å². The van der Waals surface area contributed by atoms with E-state index in [1.54, 1.807) is 0 Å². The van der Waals surface area contributed by atoms with Gasteiger partial charge in [0.2, 0.25) is 0 Å². The number of nitrogens with two attached hydrogens (primary N) is 1. The molecule has 0 bridgehead atoms. The van der Waals surface area contributed by atoms with E-state index in [2.05, 4.69) is 22.9 Å². The molecule has 2 nitrogen and oxygen atoms in total. The molecule has 0 aromatic carbocycles. The number of nitrogens with zero attached hydrogens (tertiary/aromatic N) is 1. The molecule has 0 amide bonds. The van der Waals surface area contributed by atoms with Crippen molar-refractivity contribution in [3.63, 3.8) is 0 Å². The normalized spacial score (nSPS) is 30.4. The third-order valence-electron chi connectivity index (χ3n) is 4.70. The summed E-state index contributed by atoms with van der Waals surface area (Å²) in [6.45, 7) is 3.44. The molecule has 1 aliphatic heterocycles. The lowest BCUT2D eigenvalue weighted by molar-refractivity contribution is 0.152. The van der Waals surface area contributed by atoms with Crippen LogP contribution in [0.1, 0.15) is 44.9 Å². The predicted octanol–water partition coefficient (Wildman–Crippen LogP) is 2.72. The van der Waals surface area contributed by atoms with Gasteiger partial charge in [0.1, 0.15) is 0 Å². The van der Waals surface area contributed by atoms with Crippen molar-refractivity contribution in [1.82, 2.24) is 4.90 Å². The highest BCUT2D eigenvalue weighted by Gasteiger charge is 2.30. The molecule has 2 fully saturated rings. The van der Waals surface area contributed by atoms with Crippen LogP contribution in [0.4, 0.5) is 0 Å². The fourth-order valence-corrected chi connectivity index (χ4v) is 4.38. The first-order chi connectivity index (χ1) is 8.35. The first-order valence-corrected chi connectivity index (χ1v) is 8.61. The van der Waals surface area contributed by atoms with Crippen LogP contribution in [-0.4, -0.2) is 42.1 Å². The molecule has 1 saturated heterocycles. The molecule has 3 heteroatoms. The third kappa shape index (κ3) is 3.62. The smallest absolute Gasteiger partial charge is 0.0246 e. The van der Waals surface area contributed by atoms with Gasteiger partial charge in [-0.25, -0.2) is 0 Å². The molecule has 1 heterocycles. The SMILES string of the molecule is CSC1CCCN(C(CN)C2CCCC2)CC1. The molecule has 1 saturated carbocycles. The first kappa shape index (κ1) is 13.7. The van der Waals surface area contributed by atoms with Crippen LogP contribution in [-0.2, 0) is 0 Å². The Morgan fingerprint density at radius 2 is 1.88 bits per heavy atom. The Morgan fingerprint density at radius 3 is 2.53 bits per heavy atom. The van der Waals surface area contributed by atoms with Gasteiger partial charge in [0.15, 0.2) is 0 Å². The summed E-state index contributed by atoms with van der Waals surface area (Å²) >= 11 is 2.05. The Hall–Kier alpha value is 0.270. The number of rotatable bonds is 4. The summed E-state index contributed by atoms with van der Waals surface area (Å²) in [5.41, 5.74) is 6.05. The Morgan fingerprint density at radius 1 is 1.12 bits per heavy atom. The zero-order valence-electron chi connectivity index (χ0n) is 11.2. The van der Waals surface area contributed by atoms with Crippen molar-refractivity contribution in [2.75, 3.05) is 25.9 Å². The topological polar surface area (TPSA) is 29.3 Å². The van der Waals surface area contributed by atoms with E-state index in [1.165, 1.54) is 58.0 Å². The van der Waals surface area contributed by atoms with E-state index in [4.69, 9.17) is 5.73 Å². The second-order valence-corrected chi connectivity index (χ2v) is 6.81. The Kier molecular flexibility index (Phi) is 5.64. The van der Waals surface area contributed by atoms with Crippen molar-refractivity contribution in [2.24, 2.45) is 11.7 Å². The highest BCUT2D eigenvalue weighted by molar-refractivity contribution is 7.99. The molecule has 1 aliphatic carbocycles. The number of likely N-dealkylation sites (tertiary alicyclic amines) is 1. The van der Waals surface area contributed by atoms with E-state index in [0.29, 0.717) is 6.04 Å². The molecule has 0 aromatic heterocycles. The summed E-state index contributed by atoms with van der Waals surface area (Å²) in [4.78, 5) is 2.71. The maximum absolute atomic E-state index is 6.05. The van der Waals surface area contributed by atoms with E-state index < -0.39 is 0 Å². The van der Waals surface area contributed by atoms with Crippen LogP contribution >= 0.6 is 11.8 Å². The van der Waals surface area contributed by atoms with Crippen molar-refractivity contribution in [2.45, 2.75) is 56.2 Å². The average Bonchev–Trinajstić information content (AvgIpc) is 2.76. The van der Waals surface area contributed by atoms with Crippen LogP contribution in [0.3, 0.4) is 0 Å². The summed E-state index contributed by atoms with van der Waals surface area (Å²) < 4.78 is 0. The van der Waals surface area contributed by atoms with Crippen LogP contribution in [0.2, 0.25) is 0 Å². The number of hydrogen-bond donors (Lipinski definition) is 1. The van der Waals surface area contributed by atoms with Gasteiger partial charge in [-0.3, -0.25) is 4.90 Å². The zero-order valence-corrected chi connectivity index (χ0v) is 12.1. The van der Waals surface area contributed by atoms with Gasteiger partial charge < -0.3 is 5.73 Å². The number of hydrogen-bond acceptors (Lipinski definition) is 3. The standard InChI is InChI=1S/C14H28N2S/c1-17-13-7-4-9-16(10-8-13)14(11-15)12-5-2-3-6-12/h12-14H,2-11,15H2,1H3. The van der Waals surface area contributed by atoms with Gasteiger partial charge in [-0.15, -0.1) is 0 Å². The van der Waals surface area contributed by atoms with Gasteiger partial charge in [-0.2, -0.15) is 11.8 Å². The lowest BCUT2D eigenvalue weighted by Gasteiger charge is -2.34. The molecular formula is C14H28N2S. The van der Waals surface area contributed by atoms with Crippen molar-refractivity contribution >= 4 is 11.8 Å². The molecule has 2 N–H and O–H groups in total. The minimum Gasteiger partial charge on any atom is -0.329 e. The van der Waals surface area contributed by atoms with Crippen LogP contribution in [0.5, 0.6) is 0 Å². The Balaban J connectivity index is 1.89. The first-order valence-electron chi connectivity index (χ1n) is 7.32. The van der Waals surface area contributed by atoms with Crippen molar-refractivity contribution in [3.05, 3.63) is 0 Å². The average molecular weight is 256 g/mol. The molecule has 2 atom stereocenters. The van der Waals surface area contributed by atoms with Gasteiger partial charge in [0.05, 0.1) is 0 Å². The van der Waals surface area contributed by atoms with Crippen molar-refractivity contribution < 1.29 is 0 Å². The lowest BCUT2D eigenvalue weighted by atomic mass is 9.96. The van der Waals surface area contributed by atoms with Gasteiger partial charge >= 0.3 is 0 Å². The van der Waals surface area contributed by atoms with E-state index in [0.717, 1.165) is 17.7 Å². The van der Waals surface area contributed by atoms with Crippen LogP contribution in [0, 0.1) is 5.92 Å². The third-order valence-corrected chi connectivity index (χ3v) is 5.84.